The zero-order valence-electron chi connectivity index (χ0n) is 13.8. The Hall–Kier alpha value is -3.20. The molecular formula is C17H15N5O3S. The summed E-state index contributed by atoms with van der Waals surface area (Å²) < 4.78 is 1.61. The molecule has 0 fully saturated rings. The zero-order chi connectivity index (χ0) is 18.5. The number of aromatic nitrogens is 3. The van der Waals surface area contributed by atoms with Crippen molar-refractivity contribution >= 4 is 23.7 Å². The van der Waals surface area contributed by atoms with Crippen molar-refractivity contribution in [2.45, 2.75) is 11.6 Å². The second-order valence-corrected chi connectivity index (χ2v) is 6.10. The fourth-order valence-corrected chi connectivity index (χ4v) is 2.77. The van der Waals surface area contributed by atoms with Crippen LogP contribution in [0, 0.1) is 10.1 Å². The van der Waals surface area contributed by atoms with Crippen LogP contribution in [0.3, 0.4) is 0 Å². The molecule has 0 unspecified atom stereocenters. The number of nitro groups is 1. The minimum atomic E-state index is -0.639. The molecule has 0 atom stereocenters. The highest BCUT2D eigenvalue weighted by Crippen LogP contribution is 2.25. The summed E-state index contributed by atoms with van der Waals surface area (Å²) >= 11 is 1.40. The van der Waals surface area contributed by atoms with E-state index in [0.717, 1.165) is 5.56 Å². The summed E-state index contributed by atoms with van der Waals surface area (Å²) in [6, 6.07) is 13.9. The summed E-state index contributed by atoms with van der Waals surface area (Å²) in [6.07, 6.45) is 3.90. The Morgan fingerprint density at radius 2 is 2.04 bits per heavy atom. The van der Waals surface area contributed by atoms with Crippen LogP contribution in [-0.4, -0.2) is 37.4 Å². The summed E-state index contributed by atoms with van der Waals surface area (Å²) in [5.41, 5.74) is 1.19. The minimum Gasteiger partial charge on any atom is -0.502 e. The smallest absolute Gasteiger partial charge is 0.311 e. The molecule has 2 aromatic carbocycles. The molecule has 0 saturated carbocycles. The van der Waals surface area contributed by atoms with Crippen molar-refractivity contribution in [3.63, 3.8) is 0 Å². The lowest BCUT2D eigenvalue weighted by Gasteiger charge is -2.03. The lowest BCUT2D eigenvalue weighted by Crippen LogP contribution is -2.01. The van der Waals surface area contributed by atoms with Gasteiger partial charge in [0, 0.05) is 18.1 Å². The van der Waals surface area contributed by atoms with E-state index in [9.17, 15) is 15.2 Å². The van der Waals surface area contributed by atoms with Crippen molar-refractivity contribution in [3.8, 4) is 5.75 Å². The van der Waals surface area contributed by atoms with Gasteiger partial charge >= 0.3 is 5.69 Å². The highest BCUT2D eigenvalue weighted by atomic mass is 32.2. The molecule has 8 nitrogen and oxygen atoms in total. The average molecular weight is 369 g/mol. The number of aromatic hydroxyl groups is 1. The molecule has 3 rings (SSSR count). The number of benzene rings is 2. The molecule has 0 bridgehead atoms. The second-order valence-electron chi connectivity index (χ2n) is 5.33. The maximum Gasteiger partial charge on any atom is 0.311 e. The fraction of sp³-hybridized carbons (Fsp3) is 0.118. The SMILES string of the molecule is CSc1nnc(Cc2ccccc2)n1/N=C\c1ccc(O)c([N+](=O)[O-])c1. The van der Waals surface area contributed by atoms with Gasteiger partial charge in [-0.05, 0) is 24.0 Å². The third kappa shape index (κ3) is 3.89. The van der Waals surface area contributed by atoms with E-state index >= 15 is 0 Å². The molecule has 26 heavy (non-hydrogen) atoms. The molecule has 0 radical (unpaired) electrons. The van der Waals surface area contributed by atoms with Gasteiger partial charge in [-0.1, -0.05) is 42.1 Å². The van der Waals surface area contributed by atoms with E-state index < -0.39 is 4.92 Å². The van der Waals surface area contributed by atoms with Crippen LogP contribution in [0.25, 0.3) is 0 Å². The Balaban J connectivity index is 1.91. The van der Waals surface area contributed by atoms with Gasteiger partial charge in [-0.2, -0.15) is 9.78 Å². The zero-order valence-corrected chi connectivity index (χ0v) is 14.6. The molecule has 0 aliphatic rings. The normalized spacial score (nSPS) is 11.1. The standard InChI is InChI=1S/C17H15N5O3S/c1-26-17-20-19-16(10-12-5-3-2-4-6-12)21(17)18-11-13-7-8-15(23)14(9-13)22(24)25/h2-9,11,23H,10H2,1H3/b18-11-. The number of rotatable bonds is 6. The van der Waals surface area contributed by atoms with E-state index in [4.69, 9.17) is 0 Å². The van der Waals surface area contributed by atoms with Crippen molar-refractivity contribution in [1.29, 1.82) is 0 Å². The van der Waals surface area contributed by atoms with E-state index in [-0.39, 0.29) is 11.4 Å². The van der Waals surface area contributed by atoms with Gasteiger partial charge in [-0.15, -0.1) is 10.2 Å². The Kier molecular flexibility index (Phi) is 5.28. The largest absolute Gasteiger partial charge is 0.502 e. The maximum absolute atomic E-state index is 10.9. The maximum atomic E-state index is 10.9. The van der Waals surface area contributed by atoms with Gasteiger partial charge in [0.15, 0.2) is 11.6 Å². The van der Waals surface area contributed by atoms with Crippen molar-refractivity contribution in [2.75, 3.05) is 6.26 Å². The number of nitrogens with zero attached hydrogens (tertiary/aromatic N) is 5. The van der Waals surface area contributed by atoms with Crippen LogP contribution in [-0.2, 0) is 6.42 Å². The van der Waals surface area contributed by atoms with Crippen molar-refractivity contribution in [1.82, 2.24) is 14.9 Å². The first-order valence-electron chi connectivity index (χ1n) is 7.62. The van der Waals surface area contributed by atoms with Crippen LogP contribution >= 0.6 is 11.8 Å². The molecule has 9 heteroatoms. The fourth-order valence-electron chi connectivity index (χ4n) is 2.32. The molecule has 0 spiro atoms. The predicted molar refractivity (Wildman–Crippen MR) is 98.8 cm³/mol. The van der Waals surface area contributed by atoms with Crippen LogP contribution < -0.4 is 0 Å². The topological polar surface area (TPSA) is 106 Å². The van der Waals surface area contributed by atoms with Crippen molar-refractivity contribution < 1.29 is 10.0 Å². The first-order valence-corrected chi connectivity index (χ1v) is 8.85. The molecular weight excluding hydrogens is 354 g/mol. The predicted octanol–water partition coefficient (Wildman–Crippen LogP) is 3.09. The number of thioether (sulfide) groups is 1. The average Bonchev–Trinajstić information content (AvgIpc) is 3.03. The van der Waals surface area contributed by atoms with Crippen molar-refractivity contribution in [3.05, 3.63) is 75.6 Å². The van der Waals surface area contributed by atoms with E-state index in [2.05, 4.69) is 15.3 Å². The first kappa shape index (κ1) is 17.6. The van der Waals surface area contributed by atoms with E-state index in [1.807, 2.05) is 36.6 Å². The van der Waals surface area contributed by atoms with Gasteiger partial charge in [0.2, 0.25) is 5.16 Å². The third-order valence-electron chi connectivity index (χ3n) is 3.58. The lowest BCUT2D eigenvalue weighted by atomic mass is 10.1. The quantitative estimate of drug-likeness (QED) is 0.310. The van der Waals surface area contributed by atoms with E-state index in [0.29, 0.717) is 23.0 Å². The Labute approximate surface area is 153 Å². The van der Waals surface area contributed by atoms with E-state index in [1.165, 1.54) is 30.1 Å². The molecule has 0 amide bonds. The van der Waals surface area contributed by atoms with Crippen molar-refractivity contribution in [2.24, 2.45) is 5.10 Å². The minimum absolute atomic E-state index is 0.368. The highest BCUT2D eigenvalue weighted by Gasteiger charge is 2.14. The van der Waals surface area contributed by atoms with Crippen LogP contribution in [0.2, 0.25) is 0 Å². The summed E-state index contributed by atoms with van der Waals surface area (Å²) in [5, 5.41) is 33.8. The number of hydrogen-bond donors (Lipinski definition) is 1. The Morgan fingerprint density at radius 3 is 2.73 bits per heavy atom. The van der Waals surface area contributed by atoms with E-state index in [1.54, 1.807) is 10.7 Å². The van der Waals surface area contributed by atoms with Crippen LogP contribution in [0.1, 0.15) is 17.0 Å². The molecule has 132 valence electrons. The summed E-state index contributed by atoms with van der Waals surface area (Å²) in [5.74, 6) is 0.274. The lowest BCUT2D eigenvalue weighted by molar-refractivity contribution is -0.385. The number of phenolic OH excluding ortho intramolecular Hbond substituents is 1. The molecule has 0 saturated heterocycles. The monoisotopic (exact) mass is 369 g/mol. The summed E-state index contributed by atoms with van der Waals surface area (Å²) in [4.78, 5) is 10.3. The molecule has 1 heterocycles. The van der Waals surface area contributed by atoms with Gasteiger partial charge in [0.05, 0.1) is 11.1 Å². The van der Waals surface area contributed by atoms with Crippen LogP contribution in [0.4, 0.5) is 5.69 Å². The van der Waals surface area contributed by atoms with Gasteiger partial charge < -0.3 is 5.11 Å². The molecule has 0 aliphatic heterocycles. The summed E-state index contributed by atoms with van der Waals surface area (Å²) in [7, 11) is 0. The summed E-state index contributed by atoms with van der Waals surface area (Å²) in [6.45, 7) is 0. The van der Waals surface area contributed by atoms with Gasteiger partial charge in [0.1, 0.15) is 0 Å². The first-order chi connectivity index (χ1) is 12.6. The van der Waals surface area contributed by atoms with Gasteiger partial charge in [-0.3, -0.25) is 10.1 Å². The second kappa shape index (κ2) is 7.79. The third-order valence-corrected chi connectivity index (χ3v) is 4.20. The van der Waals surface area contributed by atoms with Gasteiger partial charge in [0.25, 0.3) is 0 Å². The number of nitro benzene ring substituents is 1. The molecule has 1 N–H and O–H groups in total. The number of phenols is 1. The Morgan fingerprint density at radius 1 is 1.27 bits per heavy atom. The number of hydrogen-bond acceptors (Lipinski definition) is 7. The van der Waals surface area contributed by atoms with Crippen LogP contribution in [0.5, 0.6) is 5.75 Å². The molecule has 0 aliphatic carbocycles. The molecule has 1 aromatic heterocycles. The highest BCUT2D eigenvalue weighted by molar-refractivity contribution is 7.98. The molecule has 3 aromatic rings. The van der Waals surface area contributed by atoms with Crippen LogP contribution in [0.15, 0.2) is 58.8 Å². The van der Waals surface area contributed by atoms with Gasteiger partial charge in [-0.25, -0.2) is 0 Å². The Bertz CT molecular complexity index is 956.